The predicted molar refractivity (Wildman–Crippen MR) is 75.7 cm³/mol. The first-order valence-corrected chi connectivity index (χ1v) is 6.76. The lowest BCUT2D eigenvalue weighted by Gasteiger charge is -2.25. The Hall–Kier alpha value is -2.24. The second-order valence-corrected chi connectivity index (χ2v) is 5.12. The van der Waals surface area contributed by atoms with E-state index in [1.807, 2.05) is 13.0 Å². The van der Waals surface area contributed by atoms with Crippen LogP contribution in [-0.4, -0.2) is 26.5 Å². The first-order chi connectivity index (χ1) is 9.63. The summed E-state index contributed by atoms with van der Waals surface area (Å²) in [7, 11) is 0. The number of nitrogens with zero attached hydrogens (tertiary/aromatic N) is 4. The van der Waals surface area contributed by atoms with Gasteiger partial charge in [-0.15, -0.1) is 0 Å². The summed E-state index contributed by atoms with van der Waals surface area (Å²) in [6.07, 6.45) is 3.64. The number of anilines is 1. The Balaban J connectivity index is 1.98. The van der Waals surface area contributed by atoms with Crippen molar-refractivity contribution >= 4 is 5.82 Å². The Kier molecular flexibility index (Phi) is 3.22. The molecule has 0 aliphatic carbocycles. The van der Waals surface area contributed by atoms with Gasteiger partial charge >= 0.3 is 0 Å². The molecule has 6 nitrogen and oxygen atoms in total. The zero-order valence-corrected chi connectivity index (χ0v) is 11.6. The summed E-state index contributed by atoms with van der Waals surface area (Å²) in [6.45, 7) is 4.68. The number of H-pyrrole nitrogens is 1. The average Bonchev–Trinajstić information content (AvgIpc) is 2.86. The van der Waals surface area contributed by atoms with Crippen molar-refractivity contribution in [2.45, 2.75) is 32.7 Å². The fourth-order valence-electron chi connectivity index (χ4n) is 2.72. The fraction of sp³-hybridized carbons (Fsp3) is 0.429. The molecule has 1 saturated heterocycles. The first-order valence-electron chi connectivity index (χ1n) is 6.76. The Morgan fingerprint density at radius 3 is 2.90 bits per heavy atom. The van der Waals surface area contributed by atoms with Crippen molar-refractivity contribution in [1.29, 1.82) is 0 Å². The van der Waals surface area contributed by atoms with Crippen LogP contribution in [0, 0.1) is 13.8 Å². The normalized spacial score (nSPS) is 18.5. The number of aryl methyl sites for hydroxylation is 2. The minimum atomic E-state index is -0.0989. The van der Waals surface area contributed by atoms with E-state index >= 15 is 0 Å². The van der Waals surface area contributed by atoms with Gasteiger partial charge in [-0.05, 0) is 26.7 Å². The van der Waals surface area contributed by atoms with Crippen molar-refractivity contribution in [2.75, 3.05) is 11.4 Å². The van der Waals surface area contributed by atoms with Gasteiger partial charge in [-0.2, -0.15) is 0 Å². The fourth-order valence-corrected chi connectivity index (χ4v) is 2.72. The molecule has 3 heterocycles. The van der Waals surface area contributed by atoms with Gasteiger partial charge in [-0.25, -0.2) is 15.0 Å². The van der Waals surface area contributed by atoms with Gasteiger partial charge in [0.15, 0.2) is 0 Å². The number of nitrogens with one attached hydrogen (secondary N) is 1. The zero-order chi connectivity index (χ0) is 14.1. The molecule has 0 radical (unpaired) electrons. The van der Waals surface area contributed by atoms with Gasteiger partial charge in [0.05, 0.1) is 11.7 Å². The van der Waals surface area contributed by atoms with Crippen LogP contribution in [0.1, 0.15) is 36.1 Å². The van der Waals surface area contributed by atoms with Gasteiger partial charge in [0.25, 0.3) is 5.56 Å². The molecule has 1 aliphatic heterocycles. The Morgan fingerprint density at radius 1 is 1.30 bits per heavy atom. The number of aromatic amines is 1. The molecule has 0 unspecified atom stereocenters. The maximum absolute atomic E-state index is 11.6. The van der Waals surface area contributed by atoms with Crippen molar-refractivity contribution in [2.24, 2.45) is 0 Å². The summed E-state index contributed by atoms with van der Waals surface area (Å²) in [5.41, 5.74) is 1.66. The van der Waals surface area contributed by atoms with E-state index in [-0.39, 0.29) is 11.6 Å². The molecule has 0 aromatic carbocycles. The maximum Gasteiger partial charge on any atom is 0.251 e. The van der Waals surface area contributed by atoms with Crippen LogP contribution in [0.2, 0.25) is 0 Å². The highest BCUT2D eigenvalue weighted by Gasteiger charge is 2.28. The van der Waals surface area contributed by atoms with Crippen molar-refractivity contribution < 1.29 is 0 Å². The van der Waals surface area contributed by atoms with Gasteiger partial charge in [-0.1, -0.05) is 0 Å². The molecule has 2 aromatic heterocycles. The van der Waals surface area contributed by atoms with Gasteiger partial charge in [0.2, 0.25) is 0 Å². The lowest BCUT2D eigenvalue weighted by molar-refractivity contribution is 0.676. The van der Waals surface area contributed by atoms with E-state index in [0.717, 1.165) is 36.6 Å². The number of hydrogen-bond donors (Lipinski definition) is 1. The summed E-state index contributed by atoms with van der Waals surface area (Å²) in [4.78, 5) is 29.5. The topological polar surface area (TPSA) is 74.8 Å². The van der Waals surface area contributed by atoms with E-state index in [0.29, 0.717) is 5.82 Å². The van der Waals surface area contributed by atoms with Gasteiger partial charge in [0, 0.05) is 24.4 Å². The summed E-state index contributed by atoms with van der Waals surface area (Å²) >= 11 is 0. The van der Waals surface area contributed by atoms with Crippen LogP contribution >= 0.6 is 0 Å². The molecule has 1 N–H and O–H groups in total. The molecule has 6 heteroatoms. The third-order valence-corrected chi connectivity index (χ3v) is 3.56. The van der Waals surface area contributed by atoms with Crippen LogP contribution < -0.4 is 10.5 Å². The van der Waals surface area contributed by atoms with Crippen LogP contribution in [0.25, 0.3) is 0 Å². The van der Waals surface area contributed by atoms with Crippen molar-refractivity contribution in [1.82, 2.24) is 19.9 Å². The SMILES string of the molecule is Cc1cc(N2CCC[C@H]2c2cc(=O)[nH]c(C)n2)ncn1. The quantitative estimate of drug-likeness (QED) is 0.896. The van der Waals surface area contributed by atoms with E-state index in [2.05, 4.69) is 24.8 Å². The van der Waals surface area contributed by atoms with E-state index in [4.69, 9.17) is 0 Å². The molecular weight excluding hydrogens is 254 g/mol. The summed E-state index contributed by atoms with van der Waals surface area (Å²) in [5.74, 6) is 1.55. The van der Waals surface area contributed by atoms with Crippen LogP contribution in [-0.2, 0) is 0 Å². The minimum absolute atomic E-state index is 0.0989. The average molecular weight is 271 g/mol. The highest BCUT2D eigenvalue weighted by molar-refractivity contribution is 5.43. The molecule has 0 saturated carbocycles. The number of rotatable bonds is 2. The lowest BCUT2D eigenvalue weighted by Crippen LogP contribution is -2.26. The minimum Gasteiger partial charge on any atom is -0.348 e. The molecule has 0 amide bonds. The Bertz CT molecular complexity index is 681. The maximum atomic E-state index is 11.6. The monoisotopic (exact) mass is 271 g/mol. The van der Waals surface area contributed by atoms with Crippen LogP contribution in [0.15, 0.2) is 23.3 Å². The number of aromatic nitrogens is 4. The van der Waals surface area contributed by atoms with E-state index in [9.17, 15) is 4.79 Å². The van der Waals surface area contributed by atoms with E-state index < -0.39 is 0 Å². The van der Waals surface area contributed by atoms with Crippen molar-refractivity contribution in [3.63, 3.8) is 0 Å². The van der Waals surface area contributed by atoms with E-state index in [1.165, 1.54) is 0 Å². The van der Waals surface area contributed by atoms with Gasteiger partial charge < -0.3 is 9.88 Å². The number of hydrogen-bond acceptors (Lipinski definition) is 5. The third-order valence-electron chi connectivity index (χ3n) is 3.56. The predicted octanol–water partition coefficient (Wildman–Crippen LogP) is 1.52. The highest BCUT2D eigenvalue weighted by Crippen LogP contribution is 2.33. The molecular formula is C14H17N5O. The Morgan fingerprint density at radius 2 is 2.15 bits per heavy atom. The molecule has 1 aliphatic rings. The molecule has 0 bridgehead atoms. The molecule has 20 heavy (non-hydrogen) atoms. The molecule has 1 atom stereocenters. The van der Waals surface area contributed by atoms with Crippen LogP contribution in [0.5, 0.6) is 0 Å². The summed E-state index contributed by atoms with van der Waals surface area (Å²) in [5, 5.41) is 0. The van der Waals surface area contributed by atoms with Crippen LogP contribution in [0.3, 0.4) is 0 Å². The second-order valence-electron chi connectivity index (χ2n) is 5.12. The molecule has 1 fully saturated rings. The van der Waals surface area contributed by atoms with Crippen molar-refractivity contribution in [3.8, 4) is 0 Å². The van der Waals surface area contributed by atoms with Gasteiger partial charge in [0.1, 0.15) is 18.0 Å². The standard InChI is InChI=1S/C14H17N5O/c1-9-6-13(16-8-15-9)19-5-3-4-12(19)11-7-14(20)18-10(2)17-11/h6-8,12H,3-5H2,1-2H3,(H,17,18,20)/t12-/m0/s1. The zero-order valence-electron chi connectivity index (χ0n) is 11.6. The largest absolute Gasteiger partial charge is 0.348 e. The summed E-state index contributed by atoms with van der Waals surface area (Å²) < 4.78 is 0. The molecule has 2 aromatic rings. The smallest absolute Gasteiger partial charge is 0.251 e. The summed E-state index contributed by atoms with van der Waals surface area (Å²) in [6, 6.07) is 3.67. The lowest BCUT2D eigenvalue weighted by atomic mass is 10.1. The molecule has 104 valence electrons. The Labute approximate surface area is 116 Å². The van der Waals surface area contributed by atoms with E-state index in [1.54, 1.807) is 19.3 Å². The van der Waals surface area contributed by atoms with Crippen LogP contribution in [0.4, 0.5) is 5.82 Å². The molecule has 0 spiro atoms. The molecule has 3 rings (SSSR count). The van der Waals surface area contributed by atoms with Crippen molar-refractivity contribution in [3.05, 3.63) is 46.0 Å². The third kappa shape index (κ3) is 2.41. The second kappa shape index (κ2) is 5.03. The first kappa shape index (κ1) is 12.8. The van der Waals surface area contributed by atoms with Gasteiger partial charge in [-0.3, -0.25) is 4.79 Å². The highest BCUT2D eigenvalue weighted by atomic mass is 16.1.